The van der Waals surface area contributed by atoms with Gasteiger partial charge in [-0.05, 0) is 61.7 Å². The second-order valence-electron chi connectivity index (χ2n) is 8.82. The number of carbonyl (C=O) groups excluding carboxylic acids is 3. The van der Waals surface area contributed by atoms with Crippen LogP contribution >= 0.6 is 11.3 Å². The number of esters is 1. The molecule has 28 heavy (non-hydrogen) atoms. The van der Waals surface area contributed by atoms with Crippen molar-refractivity contribution in [3.05, 3.63) is 11.1 Å². The minimum Gasteiger partial charge on any atom is -0.469 e. The van der Waals surface area contributed by atoms with Crippen molar-refractivity contribution in [2.24, 2.45) is 23.2 Å². The van der Waals surface area contributed by atoms with E-state index in [-0.39, 0.29) is 36.2 Å². The topological polar surface area (TPSA) is 97.4 Å². The lowest BCUT2D eigenvalue weighted by Crippen LogP contribution is -2.48. The molecule has 4 fully saturated rings. The summed E-state index contributed by atoms with van der Waals surface area (Å²) < 4.78 is 4.60. The van der Waals surface area contributed by atoms with Crippen molar-refractivity contribution in [3.8, 4) is 0 Å². The number of ether oxygens (including phenoxy) is 1. The average Bonchev–Trinajstić information content (AvgIpc) is 3.05. The highest BCUT2D eigenvalue weighted by atomic mass is 32.1. The standard InChI is InChI=1S/C20H27N3O4S/c1-27-18(26)5-15-11-28-19(22-15)23-17(25)10-21-16(24)9-20-6-12-2-13(7-20)4-14(3-12)8-20/h11-14H,2-10H2,1H3,(H,21,24)(H,22,23,25). The Labute approximate surface area is 168 Å². The molecule has 8 heteroatoms. The number of thiazole rings is 1. The van der Waals surface area contributed by atoms with Crippen molar-refractivity contribution < 1.29 is 19.1 Å². The van der Waals surface area contributed by atoms with Crippen LogP contribution in [0, 0.1) is 23.2 Å². The Hall–Kier alpha value is -1.96. The molecule has 5 rings (SSSR count). The lowest BCUT2D eigenvalue weighted by Gasteiger charge is -2.56. The van der Waals surface area contributed by atoms with Gasteiger partial charge in [-0.15, -0.1) is 11.3 Å². The molecule has 0 atom stereocenters. The monoisotopic (exact) mass is 405 g/mol. The van der Waals surface area contributed by atoms with E-state index in [1.54, 1.807) is 5.38 Å². The fourth-order valence-electron chi connectivity index (χ4n) is 5.92. The molecule has 4 aliphatic rings. The second kappa shape index (κ2) is 7.81. The van der Waals surface area contributed by atoms with E-state index in [9.17, 15) is 14.4 Å². The predicted octanol–water partition coefficient (Wildman–Crippen LogP) is 2.52. The number of carbonyl (C=O) groups is 3. The van der Waals surface area contributed by atoms with Crippen LogP contribution in [0.4, 0.5) is 5.13 Å². The van der Waals surface area contributed by atoms with Crippen LogP contribution in [-0.4, -0.2) is 36.4 Å². The number of aromatic nitrogens is 1. The third-order valence-electron chi connectivity index (χ3n) is 6.50. The van der Waals surface area contributed by atoms with Crippen LogP contribution in [-0.2, 0) is 25.5 Å². The van der Waals surface area contributed by atoms with Crippen LogP contribution in [0.1, 0.15) is 50.6 Å². The van der Waals surface area contributed by atoms with Crippen molar-refractivity contribution in [1.29, 1.82) is 0 Å². The van der Waals surface area contributed by atoms with Gasteiger partial charge in [0.2, 0.25) is 11.8 Å². The van der Waals surface area contributed by atoms with Crippen LogP contribution in [0.5, 0.6) is 0 Å². The van der Waals surface area contributed by atoms with Crippen molar-refractivity contribution in [2.75, 3.05) is 19.0 Å². The van der Waals surface area contributed by atoms with Crippen molar-refractivity contribution in [2.45, 2.75) is 51.4 Å². The Morgan fingerprint density at radius 1 is 1.14 bits per heavy atom. The third-order valence-corrected chi connectivity index (χ3v) is 7.30. The van der Waals surface area contributed by atoms with E-state index in [0.717, 1.165) is 17.8 Å². The molecule has 1 heterocycles. The molecule has 4 bridgehead atoms. The lowest BCUT2D eigenvalue weighted by molar-refractivity contribution is -0.139. The molecule has 0 aromatic carbocycles. The molecule has 7 nitrogen and oxygen atoms in total. The number of rotatable bonds is 7. The quantitative estimate of drug-likeness (QED) is 0.680. The minimum atomic E-state index is -0.375. The summed E-state index contributed by atoms with van der Waals surface area (Å²) in [6.07, 6.45) is 8.23. The van der Waals surface area contributed by atoms with E-state index in [1.165, 1.54) is 57.0 Å². The van der Waals surface area contributed by atoms with Crippen molar-refractivity contribution >= 4 is 34.3 Å². The van der Waals surface area contributed by atoms with Gasteiger partial charge >= 0.3 is 5.97 Å². The third kappa shape index (κ3) is 4.37. The first-order valence-corrected chi connectivity index (χ1v) is 10.9. The van der Waals surface area contributed by atoms with E-state index in [2.05, 4.69) is 20.4 Å². The van der Waals surface area contributed by atoms with E-state index in [0.29, 0.717) is 17.2 Å². The summed E-state index contributed by atoms with van der Waals surface area (Å²) in [5, 5.41) is 7.57. The summed E-state index contributed by atoms with van der Waals surface area (Å²) in [7, 11) is 1.32. The van der Waals surface area contributed by atoms with Gasteiger partial charge < -0.3 is 15.4 Å². The van der Waals surface area contributed by atoms with Gasteiger partial charge in [0.25, 0.3) is 0 Å². The molecule has 1 aromatic heterocycles. The predicted molar refractivity (Wildman–Crippen MR) is 105 cm³/mol. The molecule has 152 valence electrons. The maximum Gasteiger partial charge on any atom is 0.311 e. The Morgan fingerprint density at radius 3 is 2.39 bits per heavy atom. The highest BCUT2D eigenvalue weighted by Crippen LogP contribution is 2.61. The number of hydrogen-bond donors (Lipinski definition) is 2. The molecule has 4 saturated carbocycles. The molecule has 0 aliphatic heterocycles. The second-order valence-corrected chi connectivity index (χ2v) is 9.67. The van der Waals surface area contributed by atoms with Gasteiger partial charge in [-0.1, -0.05) is 0 Å². The molecule has 0 spiro atoms. The van der Waals surface area contributed by atoms with E-state index < -0.39 is 0 Å². The molecule has 2 N–H and O–H groups in total. The van der Waals surface area contributed by atoms with Gasteiger partial charge in [0.05, 0.1) is 25.8 Å². The normalized spacial score (nSPS) is 30.1. The van der Waals surface area contributed by atoms with Crippen molar-refractivity contribution in [3.63, 3.8) is 0 Å². The summed E-state index contributed by atoms with van der Waals surface area (Å²) in [5.41, 5.74) is 0.728. The van der Waals surface area contributed by atoms with E-state index >= 15 is 0 Å². The Morgan fingerprint density at radius 2 is 1.79 bits per heavy atom. The molecule has 0 radical (unpaired) electrons. The van der Waals surface area contributed by atoms with Crippen LogP contribution in [0.25, 0.3) is 0 Å². The first-order chi connectivity index (χ1) is 13.4. The Kier molecular flexibility index (Phi) is 5.40. The SMILES string of the molecule is COC(=O)Cc1csc(NC(=O)CNC(=O)CC23CC4CC(CC(C4)C2)C3)n1. The number of amides is 2. The molecular weight excluding hydrogens is 378 g/mol. The number of nitrogens with zero attached hydrogens (tertiary/aromatic N) is 1. The average molecular weight is 406 g/mol. The van der Waals surface area contributed by atoms with E-state index in [4.69, 9.17) is 0 Å². The zero-order chi connectivity index (χ0) is 19.7. The fourth-order valence-corrected chi connectivity index (χ4v) is 6.64. The largest absolute Gasteiger partial charge is 0.469 e. The van der Waals surface area contributed by atoms with Gasteiger partial charge in [0.15, 0.2) is 5.13 Å². The first-order valence-electron chi connectivity index (χ1n) is 10.0. The van der Waals surface area contributed by atoms with Gasteiger partial charge in [-0.3, -0.25) is 14.4 Å². The summed E-state index contributed by atoms with van der Waals surface area (Å²) in [6.45, 7) is -0.0584. The van der Waals surface area contributed by atoms with Gasteiger partial charge in [0, 0.05) is 11.8 Å². The Bertz CT molecular complexity index is 740. The minimum absolute atomic E-state index is 0.0254. The maximum atomic E-state index is 12.5. The zero-order valence-corrected chi connectivity index (χ0v) is 17.0. The molecule has 4 aliphatic carbocycles. The number of methoxy groups -OCH3 is 1. The Balaban J connectivity index is 1.23. The molecule has 0 saturated heterocycles. The van der Waals surface area contributed by atoms with Crippen LogP contribution in [0.15, 0.2) is 5.38 Å². The summed E-state index contributed by atoms with van der Waals surface area (Å²) in [4.78, 5) is 40.0. The zero-order valence-electron chi connectivity index (χ0n) is 16.2. The van der Waals surface area contributed by atoms with Gasteiger partial charge in [-0.2, -0.15) is 0 Å². The van der Waals surface area contributed by atoms with Crippen LogP contribution < -0.4 is 10.6 Å². The first kappa shape index (κ1) is 19.4. The number of hydrogen-bond acceptors (Lipinski definition) is 6. The fraction of sp³-hybridized carbons (Fsp3) is 0.700. The summed E-state index contributed by atoms with van der Waals surface area (Å²) in [5.74, 6) is 1.73. The molecule has 2 amide bonds. The van der Waals surface area contributed by atoms with E-state index in [1.807, 2.05) is 0 Å². The van der Waals surface area contributed by atoms with Gasteiger partial charge in [-0.25, -0.2) is 4.98 Å². The molecule has 1 aromatic rings. The van der Waals surface area contributed by atoms with Crippen molar-refractivity contribution in [1.82, 2.24) is 10.3 Å². The maximum absolute atomic E-state index is 12.5. The summed E-state index contributed by atoms with van der Waals surface area (Å²) in [6, 6.07) is 0. The van der Waals surface area contributed by atoms with Crippen LogP contribution in [0.2, 0.25) is 0 Å². The smallest absolute Gasteiger partial charge is 0.311 e. The number of anilines is 1. The molecular formula is C20H27N3O4S. The highest BCUT2D eigenvalue weighted by molar-refractivity contribution is 7.13. The lowest BCUT2D eigenvalue weighted by atomic mass is 9.49. The van der Waals surface area contributed by atoms with Gasteiger partial charge in [0.1, 0.15) is 0 Å². The highest BCUT2D eigenvalue weighted by Gasteiger charge is 2.51. The van der Waals surface area contributed by atoms with Crippen LogP contribution in [0.3, 0.4) is 0 Å². The molecule has 0 unspecified atom stereocenters. The number of nitrogens with one attached hydrogen (secondary N) is 2. The summed E-state index contributed by atoms with van der Waals surface area (Å²) >= 11 is 1.25.